The molecule has 0 unspecified atom stereocenters. The van der Waals surface area contributed by atoms with Crippen LogP contribution < -0.4 is 19.5 Å². The summed E-state index contributed by atoms with van der Waals surface area (Å²) in [7, 11) is -3.81. The highest BCUT2D eigenvalue weighted by Crippen LogP contribution is 2.35. The van der Waals surface area contributed by atoms with Crippen molar-refractivity contribution in [1.82, 2.24) is 0 Å². The maximum Gasteiger partial charge on any atom is 0.261 e. The van der Waals surface area contributed by atoms with Gasteiger partial charge in [-0.1, -0.05) is 0 Å². The first-order valence-electron chi connectivity index (χ1n) is 9.38. The molecule has 1 aliphatic rings. The zero-order valence-corrected chi connectivity index (χ0v) is 18.1. The van der Waals surface area contributed by atoms with E-state index in [1.807, 2.05) is 20.8 Å². The van der Waals surface area contributed by atoms with Gasteiger partial charge in [0.2, 0.25) is 5.91 Å². The molecule has 156 valence electrons. The van der Waals surface area contributed by atoms with Gasteiger partial charge in [0.05, 0.1) is 28.3 Å². The number of aryl methyl sites for hydroxylation is 2. The molecule has 0 saturated heterocycles. The number of sulfonamides is 1. The molecular weight excluding hydrogens is 392 g/mol. The summed E-state index contributed by atoms with van der Waals surface area (Å²) < 4.78 is 39.7. The molecule has 2 aromatic carbocycles. The Morgan fingerprint density at radius 3 is 2.45 bits per heavy atom. The molecular formula is C21H26N2O5S. The van der Waals surface area contributed by atoms with Gasteiger partial charge < -0.3 is 14.8 Å². The average Bonchev–Trinajstić information content (AvgIpc) is 2.74. The number of amides is 1. The van der Waals surface area contributed by atoms with E-state index in [2.05, 4.69) is 10.0 Å². The number of ether oxygens (including phenoxy) is 2. The van der Waals surface area contributed by atoms with Crippen LogP contribution in [0.2, 0.25) is 0 Å². The van der Waals surface area contributed by atoms with Crippen molar-refractivity contribution in [3.8, 4) is 11.5 Å². The molecule has 0 fully saturated rings. The summed E-state index contributed by atoms with van der Waals surface area (Å²) in [4.78, 5) is 12.4. The summed E-state index contributed by atoms with van der Waals surface area (Å²) in [6.45, 7) is 9.79. The maximum atomic E-state index is 12.9. The van der Waals surface area contributed by atoms with Crippen molar-refractivity contribution in [3.05, 3.63) is 41.5 Å². The molecule has 3 rings (SSSR count). The van der Waals surface area contributed by atoms with Gasteiger partial charge >= 0.3 is 0 Å². The van der Waals surface area contributed by atoms with E-state index in [1.165, 1.54) is 0 Å². The van der Waals surface area contributed by atoms with Gasteiger partial charge in [-0.05, 0) is 70.0 Å². The number of anilines is 2. The van der Waals surface area contributed by atoms with Gasteiger partial charge in [-0.15, -0.1) is 0 Å². The van der Waals surface area contributed by atoms with Crippen molar-refractivity contribution in [2.45, 2.75) is 39.5 Å². The summed E-state index contributed by atoms with van der Waals surface area (Å²) in [5.41, 5.74) is 1.68. The Hall–Kier alpha value is -2.74. The number of carbonyl (C=O) groups excluding carboxylic acids is 1. The number of fused-ring (bicyclic) bond motifs is 1. The summed E-state index contributed by atoms with van der Waals surface area (Å²) >= 11 is 0. The van der Waals surface area contributed by atoms with Crippen LogP contribution in [-0.2, 0) is 14.8 Å². The average molecular weight is 419 g/mol. The van der Waals surface area contributed by atoms with Gasteiger partial charge in [0.25, 0.3) is 10.0 Å². The second-order valence-corrected chi connectivity index (χ2v) is 9.44. The molecule has 0 radical (unpaired) electrons. The first-order valence-corrected chi connectivity index (χ1v) is 10.9. The number of nitrogens with one attached hydrogen (secondary N) is 2. The van der Waals surface area contributed by atoms with Crippen LogP contribution in [0.5, 0.6) is 11.5 Å². The van der Waals surface area contributed by atoms with Crippen LogP contribution >= 0.6 is 0 Å². The van der Waals surface area contributed by atoms with Crippen molar-refractivity contribution in [2.75, 3.05) is 23.3 Å². The van der Waals surface area contributed by atoms with E-state index in [1.54, 1.807) is 44.2 Å². The van der Waals surface area contributed by atoms with Crippen LogP contribution in [0.25, 0.3) is 0 Å². The molecule has 0 saturated carbocycles. The van der Waals surface area contributed by atoms with Gasteiger partial charge in [-0.25, -0.2) is 8.42 Å². The fraction of sp³-hybridized carbons (Fsp3) is 0.381. The lowest BCUT2D eigenvalue weighted by molar-refractivity contribution is -0.124. The van der Waals surface area contributed by atoms with E-state index >= 15 is 0 Å². The molecule has 1 amide bonds. The molecule has 0 aromatic heterocycles. The van der Waals surface area contributed by atoms with Crippen LogP contribution in [0.4, 0.5) is 11.4 Å². The van der Waals surface area contributed by atoms with E-state index < -0.39 is 15.4 Å². The zero-order valence-electron chi connectivity index (χ0n) is 17.3. The zero-order chi connectivity index (χ0) is 21.4. The summed E-state index contributed by atoms with van der Waals surface area (Å²) in [6.07, 6.45) is 0. The summed E-state index contributed by atoms with van der Waals surface area (Å²) in [5.74, 6) is 0.969. The van der Waals surface area contributed by atoms with Crippen LogP contribution in [0.3, 0.4) is 0 Å². The number of hydrogen-bond donors (Lipinski definition) is 2. The number of carbonyl (C=O) groups is 1. The van der Waals surface area contributed by atoms with E-state index in [9.17, 15) is 13.2 Å². The summed E-state index contributed by atoms with van der Waals surface area (Å²) in [5, 5.41) is 2.81. The van der Waals surface area contributed by atoms with Gasteiger partial charge in [-0.3, -0.25) is 9.52 Å². The minimum atomic E-state index is -3.81. The number of hydrogen-bond acceptors (Lipinski definition) is 5. The highest BCUT2D eigenvalue weighted by Gasteiger charge is 2.32. The number of rotatable bonds is 5. The van der Waals surface area contributed by atoms with E-state index in [0.717, 1.165) is 11.1 Å². The molecule has 0 spiro atoms. The van der Waals surface area contributed by atoms with E-state index in [4.69, 9.17) is 9.47 Å². The predicted octanol–water partition coefficient (Wildman–Crippen LogP) is 3.86. The Labute approximate surface area is 171 Å². The molecule has 2 N–H and O–H groups in total. The van der Waals surface area contributed by atoms with Crippen molar-refractivity contribution in [3.63, 3.8) is 0 Å². The second kappa shape index (κ2) is 7.59. The Kier molecular flexibility index (Phi) is 5.49. The minimum Gasteiger partial charge on any atom is -0.493 e. The lowest BCUT2D eigenvalue weighted by atomic mass is 9.94. The smallest absolute Gasteiger partial charge is 0.261 e. The topological polar surface area (TPSA) is 93.7 Å². The van der Waals surface area contributed by atoms with Crippen LogP contribution in [0.15, 0.2) is 35.2 Å². The third-order valence-corrected chi connectivity index (χ3v) is 6.08. The van der Waals surface area contributed by atoms with Crippen LogP contribution in [0, 0.1) is 19.3 Å². The van der Waals surface area contributed by atoms with Crippen molar-refractivity contribution in [2.24, 2.45) is 5.41 Å². The Morgan fingerprint density at radius 1 is 1.17 bits per heavy atom. The molecule has 1 aliphatic heterocycles. The van der Waals surface area contributed by atoms with Gasteiger partial charge in [-0.2, -0.15) is 0 Å². The molecule has 2 aromatic rings. The van der Waals surface area contributed by atoms with Gasteiger partial charge in [0.1, 0.15) is 18.1 Å². The molecule has 0 aliphatic carbocycles. The largest absolute Gasteiger partial charge is 0.493 e. The number of benzene rings is 2. The van der Waals surface area contributed by atoms with E-state index in [0.29, 0.717) is 29.5 Å². The monoisotopic (exact) mass is 418 g/mol. The molecule has 0 bridgehead atoms. The highest BCUT2D eigenvalue weighted by atomic mass is 32.2. The SMILES string of the molecule is CCOc1c(C)cc(S(=O)(=O)Nc2ccc3c(c2)OCC(C)(C)C(=O)N3)cc1C. The van der Waals surface area contributed by atoms with Crippen molar-refractivity contribution < 1.29 is 22.7 Å². The van der Waals surface area contributed by atoms with Crippen LogP contribution in [-0.4, -0.2) is 27.5 Å². The van der Waals surface area contributed by atoms with Crippen molar-refractivity contribution in [1.29, 1.82) is 0 Å². The standard InChI is InChI=1S/C21H26N2O5S/c1-6-27-19-13(2)9-16(10-14(19)3)29(25,26)23-15-7-8-17-18(11-15)28-12-21(4,5)20(24)22-17/h7-11,23H,6,12H2,1-5H3,(H,22,24). The third-order valence-electron chi connectivity index (χ3n) is 4.72. The quantitative estimate of drug-likeness (QED) is 0.769. The van der Waals surface area contributed by atoms with Crippen molar-refractivity contribution >= 4 is 27.3 Å². The molecule has 29 heavy (non-hydrogen) atoms. The first-order chi connectivity index (χ1) is 13.5. The Bertz CT molecular complexity index is 1040. The van der Waals surface area contributed by atoms with E-state index in [-0.39, 0.29) is 17.4 Å². The minimum absolute atomic E-state index is 0.148. The molecule has 8 heteroatoms. The summed E-state index contributed by atoms with van der Waals surface area (Å²) in [6, 6.07) is 7.96. The molecule has 0 atom stereocenters. The lowest BCUT2D eigenvalue weighted by Gasteiger charge is -2.18. The van der Waals surface area contributed by atoms with Gasteiger partial charge in [0, 0.05) is 6.07 Å². The van der Waals surface area contributed by atoms with Gasteiger partial charge in [0.15, 0.2) is 0 Å². The third kappa shape index (κ3) is 4.32. The van der Waals surface area contributed by atoms with Crippen LogP contribution in [0.1, 0.15) is 31.9 Å². The fourth-order valence-electron chi connectivity index (χ4n) is 3.08. The first kappa shape index (κ1) is 21.0. The highest BCUT2D eigenvalue weighted by molar-refractivity contribution is 7.92. The fourth-order valence-corrected chi connectivity index (χ4v) is 4.29. The normalized spacial score (nSPS) is 15.6. The lowest BCUT2D eigenvalue weighted by Crippen LogP contribution is -2.33. The molecule has 7 nitrogen and oxygen atoms in total. The Balaban J connectivity index is 1.89. The second-order valence-electron chi connectivity index (χ2n) is 7.76. The molecule has 1 heterocycles. The predicted molar refractivity (Wildman–Crippen MR) is 112 cm³/mol. The maximum absolute atomic E-state index is 12.9. The Morgan fingerprint density at radius 2 is 1.83 bits per heavy atom.